The molecule has 0 fully saturated rings. The molecule has 55 heavy (non-hydrogen) atoms. The first kappa shape index (κ1) is 32.5. The van der Waals surface area contributed by atoms with Crippen LogP contribution in [0.5, 0.6) is 0 Å². The molecule has 0 spiro atoms. The summed E-state index contributed by atoms with van der Waals surface area (Å²) in [7, 11) is 0. The minimum absolute atomic E-state index is 0.225. The molecule has 1 aromatic heterocycles. The zero-order valence-corrected chi connectivity index (χ0v) is 30.7. The highest BCUT2D eigenvalue weighted by atomic mass is 15.1. The summed E-state index contributed by atoms with van der Waals surface area (Å²) in [6, 6.07) is 69.5. The van der Waals surface area contributed by atoms with Gasteiger partial charge in [0.05, 0.1) is 22.7 Å². The normalized spacial score (nSPS) is 12.7. The molecule has 3 heteroatoms. The molecule has 0 radical (unpaired) electrons. The SMILES string of the molecule is CC1(C)c2cc(-c3ccc4c5c(-c6ccccc6)cccc5n(-c5ccccc5)c4c3)ccc2-c2ccc(N(c3ccccc3)c3ccc(C#N)cc3)cc21. The largest absolute Gasteiger partial charge is 0.310 e. The molecule has 0 amide bonds. The van der Waals surface area contributed by atoms with Gasteiger partial charge in [0.15, 0.2) is 0 Å². The Labute approximate surface area is 321 Å². The Morgan fingerprint density at radius 3 is 1.80 bits per heavy atom. The topological polar surface area (TPSA) is 32.0 Å². The summed E-state index contributed by atoms with van der Waals surface area (Å²) >= 11 is 0. The van der Waals surface area contributed by atoms with Crippen LogP contribution in [0.4, 0.5) is 17.1 Å². The van der Waals surface area contributed by atoms with E-state index in [0.717, 1.165) is 22.7 Å². The van der Waals surface area contributed by atoms with E-state index in [1.54, 1.807) is 0 Å². The van der Waals surface area contributed by atoms with Crippen LogP contribution in [0.3, 0.4) is 0 Å². The fraction of sp³-hybridized carbons (Fsp3) is 0.0577. The Kier molecular flexibility index (Phi) is 7.54. The second-order valence-electron chi connectivity index (χ2n) is 14.9. The van der Waals surface area contributed by atoms with Gasteiger partial charge in [0.2, 0.25) is 0 Å². The number of hydrogen-bond donors (Lipinski definition) is 0. The predicted molar refractivity (Wildman–Crippen MR) is 229 cm³/mol. The van der Waals surface area contributed by atoms with Gasteiger partial charge in [-0.1, -0.05) is 123 Å². The van der Waals surface area contributed by atoms with Gasteiger partial charge in [0.1, 0.15) is 0 Å². The van der Waals surface area contributed by atoms with Gasteiger partial charge in [-0.15, -0.1) is 0 Å². The highest BCUT2D eigenvalue weighted by Gasteiger charge is 2.36. The Bertz CT molecular complexity index is 2930. The molecule has 0 atom stereocenters. The van der Waals surface area contributed by atoms with E-state index in [1.165, 1.54) is 66.3 Å². The van der Waals surface area contributed by atoms with Gasteiger partial charge in [-0.25, -0.2) is 0 Å². The molecular formula is C52H37N3. The number of fused-ring (bicyclic) bond motifs is 6. The van der Waals surface area contributed by atoms with E-state index in [4.69, 9.17) is 0 Å². The third kappa shape index (κ3) is 5.26. The van der Waals surface area contributed by atoms with Crippen molar-refractivity contribution in [3.05, 3.63) is 205 Å². The Morgan fingerprint density at radius 2 is 1.07 bits per heavy atom. The average Bonchev–Trinajstić information content (AvgIpc) is 3.69. The van der Waals surface area contributed by atoms with Crippen molar-refractivity contribution in [1.29, 1.82) is 5.26 Å². The minimum atomic E-state index is -0.225. The fourth-order valence-electron chi connectivity index (χ4n) is 8.71. The number of benzene rings is 8. The molecule has 1 heterocycles. The molecule has 0 unspecified atom stereocenters. The van der Waals surface area contributed by atoms with Gasteiger partial charge in [-0.2, -0.15) is 5.26 Å². The smallest absolute Gasteiger partial charge is 0.0991 e. The van der Waals surface area contributed by atoms with E-state index < -0.39 is 0 Å². The predicted octanol–water partition coefficient (Wildman–Crippen LogP) is 13.8. The number of para-hydroxylation sites is 2. The summed E-state index contributed by atoms with van der Waals surface area (Å²) in [5.74, 6) is 0. The van der Waals surface area contributed by atoms with Crippen molar-refractivity contribution < 1.29 is 0 Å². The van der Waals surface area contributed by atoms with Crippen LogP contribution in [-0.4, -0.2) is 4.57 Å². The summed E-state index contributed by atoms with van der Waals surface area (Å²) < 4.78 is 2.42. The highest BCUT2D eigenvalue weighted by molar-refractivity contribution is 6.16. The van der Waals surface area contributed by atoms with Crippen molar-refractivity contribution in [1.82, 2.24) is 4.57 Å². The number of rotatable bonds is 6. The van der Waals surface area contributed by atoms with E-state index >= 15 is 0 Å². The number of hydrogen-bond acceptors (Lipinski definition) is 2. The summed E-state index contributed by atoms with van der Waals surface area (Å²) in [5.41, 5.74) is 17.2. The number of anilines is 3. The number of nitriles is 1. The van der Waals surface area contributed by atoms with Crippen molar-refractivity contribution >= 4 is 38.9 Å². The molecule has 1 aliphatic rings. The lowest BCUT2D eigenvalue weighted by molar-refractivity contribution is 0.660. The van der Waals surface area contributed by atoms with Crippen LogP contribution in [0, 0.1) is 11.3 Å². The molecule has 1 aliphatic carbocycles. The van der Waals surface area contributed by atoms with Crippen LogP contribution in [0.2, 0.25) is 0 Å². The van der Waals surface area contributed by atoms with Crippen LogP contribution in [0.15, 0.2) is 188 Å². The van der Waals surface area contributed by atoms with Gasteiger partial charge in [0.25, 0.3) is 0 Å². The lowest BCUT2D eigenvalue weighted by Crippen LogP contribution is -2.16. The molecule has 0 saturated carbocycles. The summed E-state index contributed by atoms with van der Waals surface area (Å²) in [5, 5.41) is 12.0. The average molecular weight is 704 g/mol. The minimum Gasteiger partial charge on any atom is -0.310 e. The first-order valence-electron chi connectivity index (χ1n) is 18.8. The van der Waals surface area contributed by atoms with Crippen molar-refractivity contribution in [2.24, 2.45) is 0 Å². The second-order valence-corrected chi connectivity index (χ2v) is 14.9. The number of nitrogens with zero attached hydrogens (tertiary/aromatic N) is 3. The Hall–Kier alpha value is -7.15. The second kappa shape index (κ2) is 12.8. The first-order chi connectivity index (χ1) is 27.0. The van der Waals surface area contributed by atoms with Gasteiger partial charge >= 0.3 is 0 Å². The van der Waals surface area contributed by atoms with Crippen LogP contribution in [-0.2, 0) is 5.41 Å². The van der Waals surface area contributed by atoms with Gasteiger partial charge in [-0.05, 0) is 123 Å². The van der Waals surface area contributed by atoms with E-state index in [9.17, 15) is 5.26 Å². The molecule has 0 aliphatic heterocycles. The van der Waals surface area contributed by atoms with E-state index in [1.807, 2.05) is 30.3 Å². The zero-order chi connectivity index (χ0) is 37.1. The Balaban J connectivity index is 1.09. The molecule has 8 aromatic carbocycles. The maximum Gasteiger partial charge on any atom is 0.0991 e. The molecule has 3 nitrogen and oxygen atoms in total. The summed E-state index contributed by atoms with van der Waals surface area (Å²) in [6.07, 6.45) is 0. The van der Waals surface area contributed by atoms with Crippen molar-refractivity contribution in [3.8, 4) is 45.1 Å². The Morgan fingerprint density at radius 1 is 0.473 bits per heavy atom. The molecule has 10 rings (SSSR count). The molecule has 9 aromatic rings. The van der Waals surface area contributed by atoms with Crippen LogP contribution < -0.4 is 4.90 Å². The standard InChI is InChI=1S/C52H37N3/c1-52(2)47-31-37(23-28-44(47)45-30-27-42(33-48(45)52)54(39-15-8-4-9-16-39)41-25-21-35(34-53)22-26-41)38-24-29-46-50(32-38)55(40-17-10-5-11-18-40)49-20-12-19-43(51(46)49)36-13-6-3-7-14-36/h3-33H,1-2H3. The van der Waals surface area contributed by atoms with Gasteiger partial charge < -0.3 is 9.47 Å². The van der Waals surface area contributed by atoms with Crippen LogP contribution >= 0.6 is 0 Å². The van der Waals surface area contributed by atoms with Crippen molar-refractivity contribution in [2.75, 3.05) is 4.90 Å². The van der Waals surface area contributed by atoms with E-state index in [0.29, 0.717) is 5.56 Å². The van der Waals surface area contributed by atoms with E-state index in [-0.39, 0.29) is 5.41 Å². The lowest BCUT2D eigenvalue weighted by Gasteiger charge is -2.28. The van der Waals surface area contributed by atoms with Gasteiger partial charge in [-0.3, -0.25) is 0 Å². The van der Waals surface area contributed by atoms with E-state index in [2.05, 4.69) is 187 Å². The quantitative estimate of drug-likeness (QED) is 0.173. The molecule has 0 bridgehead atoms. The van der Waals surface area contributed by atoms with Crippen LogP contribution in [0.25, 0.3) is 60.9 Å². The van der Waals surface area contributed by atoms with Gasteiger partial charge in [0, 0.05) is 38.9 Å². The maximum absolute atomic E-state index is 9.46. The fourth-order valence-corrected chi connectivity index (χ4v) is 8.71. The molecule has 260 valence electrons. The zero-order valence-electron chi connectivity index (χ0n) is 30.7. The summed E-state index contributed by atoms with van der Waals surface area (Å²) in [6.45, 7) is 4.70. The van der Waals surface area contributed by atoms with Crippen molar-refractivity contribution in [3.63, 3.8) is 0 Å². The van der Waals surface area contributed by atoms with Crippen molar-refractivity contribution in [2.45, 2.75) is 19.3 Å². The van der Waals surface area contributed by atoms with Crippen LogP contribution in [0.1, 0.15) is 30.5 Å². The monoisotopic (exact) mass is 703 g/mol. The third-order valence-corrected chi connectivity index (χ3v) is 11.4. The molecular weight excluding hydrogens is 667 g/mol. The number of aromatic nitrogens is 1. The summed E-state index contributed by atoms with van der Waals surface area (Å²) in [4.78, 5) is 2.27. The lowest BCUT2D eigenvalue weighted by atomic mass is 9.81. The first-order valence-corrected chi connectivity index (χ1v) is 18.8. The highest BCUT2D eigenvalue weighted by Crippen LogP contribution is 2.52. The maximum atomic E-state index is 9.46. The molecule has 0 N–H and O–H groups in total. The third-order valence-electron chi connectivity index (χ3n) is 11.4. The molecule has 0 saturated heterocycles.